The Hall–Kier alpha value is -1.09. The molecule has 0 aliphatic rings. The van der Waals surface area contributed by atoms with E-state index in [1.807, 2.05) is 13.8 Å². The highest BCUT2D eigenvalue weighted by Crippen LogP contribution is 2.16. The zero-order valence-corrected chi connectivity index (χ0v) is 8.20. The van der Waals surface area contributed by atoms with Crippen molar-refractivity contribution in [1.29, 1.82) is 0 Å². The minimum atomic E-state index is 0.135. The topological polar surface area (TPSA) is 31.4 Å². The number of hydrogen-bond acceptors (Lipinski definition) is 3. The maximum atomic E-state index is 5.50. The maximum absolute atomic E-state index is 5.50. The molecular formula is C10H14NO2. The van der Waals surface area contributed by atoms with Crippen molar-refractivity contribution in [2.75, 3.05) is 7.11 Å². The molecule has 0 spiro atoms. The summed E-state index contributed by atoms with van der Waals surface area (Å²) in [7, 11) is 1.63. The van der Waals surface area contributed by atoms with E-state index in [0.717, 1.165) is 5.69 Å². The smallest absolute Gasteiger partial charge is 0.151 e. The SMILES string of the molecule is COCc1ncc[c]c1OC(C)C. The van der Waals surface area contributed by atoms with Gasteiger partial charge in [0.25, 0.3) is 0 Å². The molecule has 1 aromatic heterocycles. The summed E-state index contributed by atoms with van der Waals surface area (Å²) in [5.74, 6) is 0.680. The average molecular weight is 180 g/mol. The van der Waals surface area contributed by atoms with Crippen LogP contribution < -0.4 is 4.74 Å². The number of nitrogens with zero attached hydrogens (tertiary/aromatic N) is 1. The first-order valence-corrected chi connectivity index (χ1v) is 4.25. The van der Waals surface area contributed by atoms with E-state index in [1.54, 1.807) is 19.4 Å². The van der Waals surface area contributed by atoms with Crippen LogP contribution in [0.1, 0.15) is 19.5 Å². The van der Waals surface area contributed by atoms with Gasteiger partial charge >= 0.3 is 0 Å². The van der Waals surface area contributed by atoms with Gasteiger partial charge in [0, 0.05) is 19.4 Å². The van der Waals surface area contributed by atoms with E-state index in [1.165, 1.54) is 0 Å². The lowest BCUT2D eigenvalue weighted by molar-refractivity contribution is 0.170. The van der Waals surface area contributed by atoms with Crippen LogP contribution in [0.15, 0.2) is 12.3 Å². The molecule has 0 aliphatic carbocycles. The molecule has 3 nitrogen and oxygen atoms in total. The highest BCUT2D eigenvalue weighted by Gasteiger charge is 2.05. The van der Waals surface area contributed by atoms with E-state index in [4.69, 9.17) is 9.47 Å². The molecule has 0 aromatic carbocycles. The Kier molecular flexibility index (Phi) is 3.71. The van der Waals surface area contributed by atoms with Gasteiger partial charge < -0.3 is 9.47 Å². The van der Waals surface area contributed by atoms with Gasteiger partial charge in [-0.05, 0) is 19.9 Å². The van der Waals surface area contributed by atoms with Crippen molar-refractivity contribution < 1.29 is 9.47 Å². The predicted octanol–water partition coefficient (Wildman–Crippen LogP) is 1.82. The van der Waals surface area contributed by atoms with Gasteiger partial charge in [-0.2, -0.15) is 0 Å². The molecule has 13 heavy (non-hydrogen) atoms. The van der Waals surface area contributed by atoms with Crippen molar-refractivity contribution in [3.8, 4) is 5.75 Å². The molecule has 0 N–H and O–H groups in total. The highest BCUT2D eigenvalue weighted by atomic mass is 16.5. The molecule has 0 atom stereocenters. The number of hydrogen-bond donors (Lipinski definition) is 0. The van der Waals surface area contributed by atoms with E-state index in [9.17, 15) is 0 Å². The lowest BCUT2D eigenvalue weighted by Crippen LogP contribution is -2.08. The van der Waals surface area contributed by atoms with Gasteiger partial charge in [0.1, 0.15) is 5.69 Å². The van der Waals surface area contributed by atoms with Crippen LogP contribution in [-0.4, -0.2) is 18.2 Å². The lowest BCUT2D eigenvalue weighted by atomic mass is 10.3. The average Bonchev–Trinajstić information content (AvgIpc) is 2.08. The van der Waals surface area contributed by atoms with E-state index >= 15 is 0 Å². The van der Waals surface area contributed by atoms with Crippen LogP contribution in [0.5, 0.6) is 5.75 Å². The fourth-order valence-corrected chi connectivity index (χ4v) is 0.959. The van der Waals surface area contributed by atoms with E-state index in [-0.39, 0.29) is 6.10 Å². The number of aromatic nitrogens is 1. The molecule has 0 amide bonds. The van der Waals surface area contributed by atoms with Crippen molar-refractivity contribution in [3.63, 3.8) is 0 Å². The normalized spacial score (nSPS) is 10.5. The molecule has 0 unspecified atom stereocenters. The Labute approximate surface area is 78.7 Å². The molecule has 1 heterocycles. The monoisotopic (exact) mass is 180 g/mol. The van der Waals surface area contributed by atoms with Crippen LogP contribution in [0.25, 0.3) is 0 Å². The second-order valence-corrected chi connectivity index (χ2v) is 2.96. The standard InChI is InChI=1S/C10H14NO2/c1-8(2)13-10-5-4-6-11-9(10)7-12-3/h4,6,8H,7H2,1-3H3. The summed E-state index contributed by atoms with van der Waals surface area (Å²) in [6.45, 7) is 4.40. The van der Waals surface area contributed by atoms with Crippen LogP contribution in [-0.2, 0) is 11.3 Å². The third-order valence-corrected chi connectivity index (χ3v) is 1.42. The molecule has 3 heteroatoms. The highest BCUT2D eigenvalue weighted by molar-refractivity contribution is 5.24. The van der Waals surface area contributed by atoms with Gasteiger partial charge in [0.05, 0.1) is 12.7 Å². The van der Waals surface area contributed by atoms with Crippen molar-refractivity contribution in [2.24, 2.45) is 0 Å². The summed E-state index contributed by atoms with van der Waals surface area (Å²) in [5.41, 5.74) is 0.790. The van der Waals surface area contributed by atoms with Crippen LogP contribution in [0.2, 0.25) is 0 Å². The third-order valence-electron chi connectivity index (χ3n) is 1.42. The molecular weight excluding hydrogens is 166 g/mol. The minimum absolute atomic E-state index is 0.135. The van der Waals surface area contributed by atoms with Crippen molar-refractivity contribution in [3.05, 3.63) is 24.0 Å². The Balaban J connectivity index is 2.78. The van der Waals surface area contributed by atoms with Crippen LogP contribution >= 0.6 is 0 Å². The van der Waals surface area contributed by atoms with Gasteiger partial charge in [0.15, 0.2) is 5.75 Å². The van der Waals surface area contributed by atoms with E-state index in [2.05, 4.69) is 11.1 Å². The van der Waals surface area contributed by atoms with Crippen molar-refractivity contribution in [1.82, 2.24) is 4.98 Å². The largest absolute Gasteiger partial charge is 0.488 e. The predicted molar refractivity (Wildman–Crippen MR) is 49.6 cm³/mol. The maximum Gasteiger partial charge on any atom is 0.151 e. The molecule has 1 radical (unpaired) electrons. The number of ether oxygens (including phenoxy) is 2. The lowest BCUT2D eigenvalue weighted by Gasteiger charge is -2.11. The molecule has 0 saturated heterocycles. The van der Waals surface area contributed by atoms with E-state index in [0.29, 0.717) is 12.4 Å². The number of methoxy groups -OCH3 is 1. The molecule has 0 bridgehead atoms. The molecule has 0 fully saturated rings. The fourth-order valence-electron chi connectivity index (χ4n) is 0.959. The number of rotatable bonds is 4. The van der Waals surface area contributed by atoms with E-state index < -0.39 is 0 Å². The van der Waals surface area contributed by atoms with Gasteiger partial charge in [-0.1, -0.05) is 0 Å². The third kappa shape index (κ3) is 3.03. The summed E-state index contributed by atoms with van der Waals surface area (Å²) in [5, 5.41) is 0. The number of pyridine rings is 1. The van der Waals surface area contributed by atoms with Gasteiger partial charge in [-0.25, -0.2) is 0 Å². The molecule has 1 rings (SSSR count). The summed E-state index contributed by atoms with van der Waals surface area (Å²) < 4.78 is 10.5. The molecule has 1 aromatic rings. The molecule has 0 saturated carbocycles. The summed E-state index contributed by atoms with van der Waals surface area (Å²) in [6, 6.07) is 4.72. The Morgan fingerprint density at radius 3 is 2.92 bits per heavy atom. The van der Waals surface area contributed by atoms with Gasteiger partial charge in [0.2, 0.25) is 0 Å². The summed E-state index contributed by atoms with van der Waals surface area (Å²) in [4.78, 5) is 4.14. The van der Waals surface area contributed by atoms with Crippen LogP contribution in [0, 0.1) is 6.07 Å². The zero-order valence-electron chi connectivity index (χ0n) is 8.20. The summed E-state index contributed by atoms with van der Waals surface area (Å²) in [6.07, 6.45) is 1.82. The minimum Gasteiger partial charge on any atom is -0.488 e. The Morgan fingerprint density at radius 1 is 1.54 bits per heavy atom. The van der Waals surface area contributed by atoms with Crippen LogP contribution in [0.3, 0.4) is 0 Å². The Morgan fingerprint density at radius 2 is 2.31 bits per heavy atom. The van der Waals surface area contributed by atoms with Gasteiger partial charge in [-0.15, -0.1) is 0 Å². The second-order valence-electron chi connectivity index (χ2n) is 2.96. The van der Waals surface area contributed by atoms with Crippen molar-refractivity contribution in [2.45, 2.75) is 26.6 Å². The first-order valence-electron chi connectivity index (χ1n) is 4.25. The van der Waals surface area contributed by atoms with Gasteiger partial charge in [-0.3, -0.25) is 4.98 Å². The van der Waals surface area contributed by atoms with Crippen molar-refractivity contribution >= 4 is 0 Å². The quantitative estimate of drug-likeness (QED) is 0.708. The first kappa shape index (κ1) is 9.99. The Bertz CT molecular complexity index is 261. The first-order chi connectivity index (χ1) is 6.24. The molecule has 0 aliphatic heterocycles. The fraction of sp³-hybridized carbons (Fsp3) is 0.500. The second kappa shape index (κ2) is 4.82. The molecule has 71 valence electrons. The summed E-state index contributed by atoms with van der Waals surface area (Å²) >= 11 is 0. The zero-order chi connectivity index (χ0) is 9.68. The van der Waals surface area contributed by atoms with Crippen LogP contribution in [0.4, 0.5) is 0 Å².